The first-order valence-electron chi connectivity index (χ1n) is 9.49. The SMILES string of the molecule is C[C@H](NC(=O)[C@@H]1CCCN1C(=O)CN1CCCCC1=O)c1ccccc1. The molecule has 2 heterocycles. The molecule has 3 rings (SSSR count). The van der Waals surface area contributed by atoms with Crippen molar-refractivity contribution in [2.24, 2.45) is 0 Å². The van der Waals surface area contributed by atoms with E-state index in [1.54, 1.807) is 9.80 Å². The van der Waals surface area contributed by atoms with Crippen LogP contribution in [0.2, 0.25) is 0 Å². The fourth-order valence-electron chi connectivity index (χ4n) is 3.76. The second-order valence-corrected chi connectivity index (χ2v) is 7.16. The first-order valence-corrected chi connectivity index (χ1v) is 9.49. The van der Waals surface area contributed by atoms with E-state index >= 15 is 0 Å². The van der Waals surface area contributed by atoms with E-state index in [0.29, 0.717) is 25.9 Å². The lowest BCUT2D eigenvalue weighted by atomic mass is 10.1. The standard InChI is InChI=1S/C20H27N3O3/c1-15(16-8-3-2-4-9-16)21-20(26)17-10-7-13-23(17)19(25)14-22-12-6-5-11-18(22)24/h2-4,8-9,15,17H,5-7,10-14H2,1H3,(H,21,26)/t15-,17-/m0/s1. The van der Waals surface area contributed by atoms with Crippen LogP contribution in [-0.4, -0.2) is 53.2 Å². The first kappa shape index (κ1) is 18.4. The minimum atomic E-state index is -0.437. The van der Waals surface area contributed by atoms with Crippen LogP contribution in [-0.2, 0) is 14.4 Å². The summed E-state index contributed by atoms with van der Waals surface area (Å²) in [6.45, 7) is 3.26. The molecular weight excluding hydrogens is 330 g/mol. The molecule has 2 fully saturated rings. The summed E-state index contributed by atoms with van der Waals surface area (Å²) in [7, 11) is 0. The monoisotopic (exact) mass is 357 g/mol. The third-order valence-electron chi connectivity index (χ3n) is 5.28. The van der Waals surface area contributed by atoms with E-state index in [1.807, 2.05) is 37.3 Å². The van der Waals surface area contributed by atoms with Gasteiger partial charge in [-0.15, -0.1) is 0 Å². The molecule has 1 aromatic rings. The zero-order valence-electron chi connectivity index (χ0n) is 15.3. The molecule has 1 N–H and O–H groups in total. The first-order chi connectivity index (χ1) is 12.6. The molecule has 26 heavy (non-hydrogen) atoms. The third-order valence-corrected chi connectivity index (χ3v) is 5.28. The highest BCUT2D eigenvalue weighted by Gasteiger charge is 2.35. The summed E-state index contributed by atoms with van der Waals surface area (Å²) in [5.74, 6) is -0.190. The van der Waals surface area contributed by atoms with Gasteiger partial charge < -0.3 is 15.1 Å². The molecule has 0 spiro atoms. The summed E-state index contributed by atoms with van der Waals surface area (Å²) in [5.41, 5.74) is 1.04. The second kappa shape index (κ2) is 8.34. The summed E-state index contributed by atoms with van der Waals surface area (Å²) in [6, 6.07) is 9.24. The molecule has 2 aliphatic heterocycles. The normalized spacial score (nSPS) is 21.6. The smallest absolute Gasteiger partial charge is 0.243 e. The average molecular weight is 357 g/mol. The van der Waals surface area contributed by atoms with Crippen LogP contribution in [0.4, 0.5) is 0 Å². The lowest BCUT2D eigenvalue weighted by Crippen LogP contribution is -2.50. The fourth-order valence-corrected chi connectivity index (χ4v) is 3.76. The van der Waals surface area contributed by atoms with Gasteiger partial charge in [0.25, 0.3) is 0 Å². The van der Waals surface area contributed by atoms with Gasteiger partial charge in [0.2, 0.25) is 17.7 Å². The van der Waals surface area contributed by atoms with Crippen LogP contribution in [0.25, 0.3) is 0 Å². The summed E-state index contributed by atoms with van der Waals surface area (Å²) in [5, 5.41) is 3.02. The van der Waals surface area contributed by atoms with Gasteiger partial charge in [0.05, 0.1) is 12.6 Å². The number of hydrogen-bond acceptors (Lipinski definition) is 3. The lowest BCUT2D eigenvalue weighted by Gasteiger charge is -2.30. The van der Waals surface area contributed by atoms with E-state index in [4.69, 9.17) is 0 Å². The Hall–Kier alpha value is -2.37. The molecule has 2 atom stereocenters. The number of carbonyl (C=O) groups is 3. The predicted molar refractivity (Wildman–Crippen MR) is 98.2 cm³/mol. The fraction of sp³-hybridized carbons (Fsp3) is 0.550. The van der Waals surface area contributed by atoms with Gasteiger partial charge in [0.15, 0.2) is 0 Å². The Morgan fingerprint density at radius 3 is 2.65 bits per heavy atom. The number of hydrogen-bond donors (Lipinski definition) is 1. The Balaban J connectivity index is 1.59. The Morgan fingerprint density at radius 2 is 1.92 bits per heavy atom. The zero-order chi connectivity index (χ0) is 18.5. The highest BCUT2D eigenvalue weighted by atomic mass is 16.2. The summed E-state index contributed by atoms with van der Waals surface area (Å²) in [6.07, 6.45) is 3.85. The predicted octanol–water partition coefficient (Wildman–Crippen LogP) is 1.87. The number of benzene rings is 1. The number of amides is 3. The minimum absolute atomic E-state index is 0.0440. The maximum Gasteiger partial charge on any atom is 0.243 e. The van der Waals surface area contributed by atoms with Gasteiger partial charge in [0, 0.05) is 19.5 Å². The number of rotatable bonds is 5. The molecule has 6 heteroatoms. The van der Waals surface area contributed by atoms with Crippen LogP contribution < -0.4 is 5.32 Å². The Bertz CT molecular complexity index is 662. The highest BCUT2D eigenvalue weighted by molar-refractivity contribution is 5.91. The summed E-state index contributed by atoms with van der Waals surface area (Å²) < 4.78 is 0. The largest absolute Gasteiger partial charge is 0.348 e. The van der Waals surface area contributed by atoms with Crippen molar-refractivity contribution >= 4 is 17.7 Å². The van der Waals surface area contributed by atoms with Crippen molar-refractivity contribution in [3.63, 3.8) is 0 Å². The number of nitrogens with one attached hydrogen (secondary N) is 1. The van der Waals surface area contributed by atoms with Crippen LogP contribution in [0.15, 0.2) is 30.3 Å². The molecule has 0 unspecified atom stereocenters. The van der Waals surface area contributed by atoms with E-state index in [9.17, 15) is 14.4 Å². The number of nitrogens with zero attached hydrogens (tertiary/aromatic N) is 2. The van der Waals surface area contributed by atoms with Gasteiger partial charge in [-0.3, -0.25) is 14.4 Å². The van der Waals surface area contributed by atoms with E-state index < -0.39 is 6.04 Å². The number of piperidine rings is 1. The molecular formula is C20H27N3O3. The van der Waals surface area contributed by atoms with Crippen LogP contribution in [0, 0.1) is 0 Å². The highest BCUT2D eigenvalue weighted by Crippen LogP contribution is 2.20. The molecule has 0 aliphatic carbocycles. The van der Waals surface area contributed by atoms with Crippen LogP contribution in [0.1, 0.15) is 50.6 Å². The molecule has 2 aliphatic rings. The average Bonchev–Trinajstić information content (AvgIpc) is 3.14. The number of carbonyl (C=O) groups excluding carboxylic acids is 3. The molecule has 0 saturated carbocycles. The lowest BCUT2D eigenvalue weighted by molar-refractivity contribution is -0.144. The molecule has 0 radical (unpaired) electrons. The summed E-state index contributed by atoms with van der Waals surface area (Å²) >= 11 is 0. The van der Waals surface area contributed by atoms with E-state index in [2.05, 4.69) is 5.32 Å². The van der Waals surface area contributed by atoms with Crippen LogP contribution in [0.3, 0.4) is 0 Å². The summed E-state index contributed by atoms with van der Waals surface area (Å²) in [4.78, 5) is 40.6. The molecule has 0 aromatic heterocycles. The third kappa shape index (κ3) is 4.23. The Labute approximate surface area is 154 Å². The molecule has 0 bridgehead atoms. The van der Waals surface area contributed by atoms with Crippen molar-refractivity contribution in [1.82, 2.24) is 15.1 Å². The quantitative estimate of drug-likeness (QED) is 0.875. The van der Waals surface area contributed by atoms with Gasteiger partial charge in [0.1, 0.15) is 6.04 Å². The van der Waals surface area contributed by atoms with Crippen molar-refractivity contribution in [2.75, 3.05) is 19.6 Å². The maximum absolute atomic E-state index is 12.7. The minimum Gasteiger partial charge on any atom is -0.348 e. The second-order valence-electron chi connectivity index (χ2n) is 7.16. The van der Waals surface area contributed by atoms with Gasteiger partial charge in [-0.2, -0.15) is 0 Å². The van der Waals surface area contributed by atoms with Gasteiger partial charge in [-0.1, -0.05) is 30.3 Å². The topological polar surface area (TPSA) is 69.7 Å². The number of likely N-dealkylation sites (tertiary alicyclic amines) is 2. The van der Waals surface area contributed by atoms with Crippen molar-refractivity contribution < 1.29 is 14.4 Å². The molecule has 2 saturated heterocycles. The van der Waals surface area contributed by atoms with Gasteiger partial charge in [-0.05, 0) is 38.2 Å². The van der Waals surface area contributed by atoms with Gasteiger partial charge in [-0.25, -0.2) is 0 Å². The van der Waals surface area contributed by atoms with Gasteiger partial charge >= 0.3 is 0 Å². The van der Waals surface area contributed by atoms with E-state index in [1.165, 1.54) is 0 Å². The molecule has 3 amide bonds. The van der Waals surface area contributed by atoms with Crippen molar-refractivity contribution in [3.05, 3.63) is 35.9 Å². The van der Waals surface area contributed by atoms with Crippen LogP contribution >= 0.6 is 0 Å². The van der Waals surface area contributed by atoms with Crippen molar-refractivity contribution in [3.8, 4) is 0 Å². The Morgan fingerprint density at radius 1 is 1.15 bits per heavy atom. The van der Waals surface area contributed by atoms with Crippen molar-refractivity contribution in [1.29, 1.82) is 0 Å². The van der Waals surface area contributed by atoms with Crippen molar-refractivity contribution in [2.45, 2.75) is 51.1 Å². The molecule has 6 nitrogen and oxygen atoms in total. The van der Waals surface area contributed by atoms with E-state index in [-0.39, 0.29) is 30.3 Å². The zero-order valence-corrected chi connectivity index (χ0v) is 15.3. The van der Waals surface area contributed by atoms with E-state index in [0.717, 1.165) is 24.8 Å². The Kier molecular flexibility index (Phi) is 5.91. The maximum atomic E-state index is 12.7. The van der Waals surface area contributed by atoms with Crippen LogP contribution in [0.5, 0.6) is 0 Å². The molecule has 1 aromatic carbocycles. The molecule has 140 valence electrons.